The van der Waals surface area contributed by atoms with E-state index >= 15 is 0 Å². The molecule has 3 aromatic rings. The third-order valence-corrected chi connectivity index (χ3v) is 8.32. The van der Waals surface area contributed by atoms with Crippen LogP contribution in [0.3, 0.4) is 0 Å². The number of fused-ring (bicyclic) bond motifs is 2. The van der Waals surface area contributed by atoms with Crippen molar-refractivity contribution in [1.82, 2.24) is 0 Å². The van der Waals surface area contributed by atoms with Crippen molar-refractivity contribution in [3.05, 3.63) is 65.2 Å². The Labute approximate surface area is 215 Å². The summed E-state index contributed by atoms with van der Waals surface area (Å²) in [6, 6.07) is 17.6. The van der Waals surface area contributed by atoms with Crippen molar-refractivity contribution < 1.29 is 9.53 Å². The number of rotatable bonds is 3. The van der Waals surface area contributed by atoms with E-state index in [1.165, 1.54) is 104 Å². The molecule has 0 saturated carbocycles. The highest BCUT2D eigenvalue weighted by molar-refractivity contribution is 7.98. The number of esters is 1. The molecule has 4 rings (SSSR count). The Hall–Kier alpha value is -2.26. The average molecular weight is 489 g/mol. The maximum absolute atomic E-state index is 13.1. The minimum atomic E-state index is -0.187. The maximum Gasteiger partial charge on any atom is 0.339 e. The molecule has 2 nitrogen and oxygen atoms in total. The van der Waals surface area contributed by atoms with E-state index < -0.39 is 0 Å². The minimum Gasteiger partial charge on any atom is -0.465 e. The van der Waals surface area contributed by atoms with Gasteiger partial charge < -0.3 is 4.74 Å². The highest BCUT2D eigenvalue weighted by atomic mass is 32.2. The molecule has 0 saturated heterocycles. The molecule has 0 amide bonds. The van der Waals surface area contributed by atoms with Gasteiger partial charge in [0.25, 0.3) is 0 Å². The summed E-state index contributed by atoms with van der Waals surface area (Å²) in [6.07, 6.45) is 18.2. The van der Waals surface area contributed by atoms with Crippen LogP contribution in [0.1, 0.15) is 92.1 Å². The molecule has 3 heteroatoms. The Morgan fingerprint density at radius 2 is 1.29 bits per heavy atom. The van der Waals surface area contributed by atoms with Gasteiger partial charge in [-0.1, -0.05) is 100 Å². The summed E-state index contributed by atoms with van der Waals surface area (Å²) in [7, 11) is 1.52. The van der Waals surface area contributed by atoms with Gasteiger partial charge >= 0.3 is 5.97 Å². The van der Waals surface area contributed by atoms with Crippen molar-refractivity contribution in [3.8, 4) is 11.1 Å². The van der Waals surface area contributed by atoms with E-state index in [1.54, 1.807) is 11.8 Å². The highest BCUT2D eigenvalue weighted by Crippen LogP contribution is 2.40. The summed E-state index contributed by atoms with van der Waals surface area (Å²) in [5, 5.41) is 2.55. The second-order valence-corrected chi connectivity index (χ2v) is 10.7. The van der Waals surface area contributed by atoms with Crippen LogP contribution in [0, 0.1) is 0 Å². The van der Waals surface area contributed by atoms with Crippen LogP contribution in [0.5, 0.6) is 0 Å². The van der Waals surface area contributed by atoms with E-state index in [9.17, 15) is 4.79 Å². The van der Waals surface area contributed by atoms with Gasteiger partial charge in [-0.2, -0.15) is 0 Å². The molecule has 0 N–H and O–H groups in total. The van der Waals surface area contributed by atoms with Gasteiger partial charge in [-0.3, -0.25) is 0 Å². The van der Waals surface area contributed by atoms with Crippen LogP contribution >= 0.6 is 11.8 Å². The molecule has 0 aliphatic heterocycles. The summed E-state index contributed by atoms with van der Waals surface area (Å²) in [6.45, 7) is 0. The third kappa shape index (κ3) is 6.30. The maximum atomic E-state index is 13.1. The molecule has 0 atom stereocenters. The predicted molar refractivity (Wildman–Crippen MR) is 151 cm³/mol. The average Bonchev–Trinajstić information content (AvgIpc) is 2.91. The first-order valence-corrected chi connectivity index (χ1v) is 14.8. The van der Waals surface area contributed by atoms with E-state index in [-0.39, 0.29) is 5.97 Å². The predicted octanol–water partition coefficient (Wildman–Crippen LogP) is 9.40. The van der Waals surface area contributed by atoms with E-state index in [0.29, 0.717) is 0 Å². The van der Waals surface area contributed by atoms with Crippen molar-refractivity contribution >= 4 is 28.5 Å². The zero-order chi connectivity index (χ0) is 24.5. The van der Waals surface area contributed by atoms with Crippen LogP contribution in [0.2, 0.25) is 0 Å². The van der Waals surface area contributed by atoms with Gasteiger partial charge in [-0.05, 0) is 71.0 Å². The Morgan fingerprint density at radius 3 is 1.91 bits per heavy atom. The van der Waals surface area contributed by atoms with E-state index in [1.807, 2.05) is 0 Å². The van der Waals surface area contributed by atoms with Crippen LogP contribution in [0.25, 0.3) is 21.9 Å². The first-order valence-electron chi connectivity index (χ1n) is 13.5. The summed E-state index contributed by atoms with van der Waals surface area (Å²) >= 11 is 1.66. The molecule has 0 fully saturated rings. The fourth-order valence-electron chi connectivity index (χ4n) is 5.70. The molecule has 1 aliphatic carbocycles. The molecule has 0 aromatic heterocycles. The van der Waals surface area contributed by atoms with Gasteiger partial charge in [0, 0.05) is 4.90 Å². The van der Waals surface area contributed by atoms with E-state index in [0.717, 1.165) is 29.7 Å². The van der Waals surface area contributed by atoms with Crippen LogP contribution in [-0.2, 0) is 17.6 Å². The molecule has 186 valence electrons. The molecule has 0 radical (unpaired) electrons. The number of ether oxygens (including phenoxy) is 1. The Morgan fingerprint density at radius 1 is 0.714 bits per heavy atom. The summed E-state index contributed by atoms with van der Waals surface area (Å²) in [5.41, 5.74) is 6.00. The lowest BCUT2D eigenvalue weighted by Crippen LogP contribution is -2.12. The first-order chi connectivity index (χ1) is 17.2. The van der Waals surface area contributed by atoms with E-state index in [4.69, 9.17) is 4.74 Å². The monoisotopic (exact) mass is 488 g/mol. The molecule has 0 heterocycles. The summed E-state index contributed by atoms with van der Waals surface area (Å²) in [5.74, 6) is -0.187. The summed E-state index contributed by atoms with van der Waals surface area (Å²) < 4.78 is 5.33. The smallest absolute Gasteiger partial charge is 0.339 e. The van der Waals surface area contributed by atoms with Crippen molar-refractivity contribution in [2.24, 2.45) is 0 Å². The van der Waals surface area contributed by atoms with Crippen molar-refractivity contribution in [3.63, 3.8) is 0 Å². The number of hydrogen-bond donors (Lipinski definition) is 0. The van der Waals surface area contributed by atoms with Gasteiger partial charge in [-0.25, -0.2) is 4.79 Å². The SMILES string of the molecule is COC(=O)c1c(SC)cc(-c2cccc3ccccc23)c2c1CCCCCCCCCCCCC2. The lowest BCUT2D eigenvalue weighted by molar-refractivity contribution is 0.0595. The van der Waals surface area contributed by atoms with Crippen LogP contribution < -0.4 is 0 Å². The molecule has 35 heavy (non-hydrogen) atoms. The molecule has 1 aliphatic rings. The second-order valence-electron chi connectivity index (χ2n) is 9.87. The van der Waals surface area contributed by atoms with Gasteiger partial charge in [0.05, 0.1) is 12.7 Å². The standard InChI is InChI=1S/C32H40O2S/c1-34-32(33)31-28-21-13-11-9-7-5-3-4-6-8-10-12-20-27(28)29(23-30(31)35-2)26-22-16-18-24-17-14-15-19-25(24)26/h14-19,22-23H,3-13,20-21H2,1-2H3. The zero-order valence-corrected chi connectivity index (χ0v) is 22.4. The fraction of sp³-hybridized carbons (Fsp3) is 0.469. The lowest BCUT2D eigenvalue weighted by Gasteiger charge is -2.22. The molecule has 3 aromatic carbocycles. The number of carbonyl (C=O) groups is 1. The lowest BCUT2D eigenvalue weighted by atomic mass is 9.85. The Bertz CT molecular complexity index is 1130. The second kappa shape index (κ2) is 13.2. The number of methoxy groups -OCH3 is 1. The van der Waals surface area contributed by atoms with Crippen molar-refractivity contribution in [2.75, 3.05) is 13.4 Å². The van der Waals surface area contributed by atoms with Gasteiger partial charge in [-0.15, -0.1) is 11.8 Å². The Kier molecular flexibility index (Phi) is 9.71. The van der Waals surface area contributed by atoms with Crippen LogP contribution in [0.4, 0.5) is 0 Å². The largest absolute Gasteiger partial charge is 0.465 e. The number of carbonyl (C=O) groups excluding carboxylic acids is 1. The third-order valence-electron chi connectivity index (χ3n) is 7.56. The van der Waals surface area contributed by atoms with Gasteiger partial charge in [0.2, 0.25) is 0 Å². The normalized spacial score (nSPS) is 16.2. The fourth-order valence-corrected chi connectivity index (χ4v) is 6.34. The van der Waals surface area contributed by atoms with Gasteiger partial charge in [0.1, 0.15) is 0 Å². The first kappa shape index (κ1) is 25.8. The zero-order valence-electron chi connectivity index (χ0n) is 21.5. The molecular weight excluding hydrogens is 448 g/mol. The Balaban J connectivity index is 1.88. The van der Waals surface area contributed by atoms with E-state index in [2.05, 4.69) is 54.8 Å². The van der Waals surface area contributed by atoms with Crippen LogP contribution in [-0.4, -0.2) is 19.3 Å². The molecule has 0 bridgehead atoms. The number of thioether (sulfide) groups is 1. The quantitative estimate of drug-likeness (QED) is 0.271. The van der Waals surface area contributed by atoms with Crippen molar-refractivity contribution in [1.29, 1.82) is 0 Å². The minimum absolute atomic E-state index is 0.187. The molecule has 0 spiro atoms. The summed E-state index contributed by atoms with van der Waals surface area (Å²) in [4.78, 5) is 14.1. The van der Waals surface area contributed by atoms with Gasteiger partial charge in [0.15, 0.2) is 0 Å². The molecular formula is C32H40O2S. The number of benzene rings is 3. The molecule has 0 unspecified atom stereocenters. The topological polar surface area (TPSA) is 26.3 Å². The number of hydrogen-bond acceptors (Lipinski definition) is 3. The van der Waals surface area contributed by atoms with Crippen molar-refractivity contribution in [2.45, 2.75) is 88.4 Å². The highest BCUT2D eigenvalue weighted by Gasteiger charge is 2.24. The van der Waals surface area contributed by atoms with Crippen LogP contribution in [0.15, 0.2) is 53.4 Å².